The first-order chi connectivity index (χ1) is 7.24. The summed E-state index contributed by atoms with van der Waals surface area (Å²) in [5.41, 5.74) is 0.887. The zero-order valence-corrected chi connectivity index (χ0v) is 9.02. The lowest BCUT2D eigenvalue weighted by Gasteiger charge is -2.08. The lowest BCUT2D eigenvalue weighted by molar-refractivity contribution is 0.199. The molecule has 0 heterocycles. The third kappa shape index (κ3) is 4.32. The van der Waals surface area contributed by atoms with E-state index in [2.05, 4.69) is 0 Å². The highest BCUT2D eigenvalue weighted by Gasteiger charge is 2.00. The number of aliphatic hydroxyl groups is 2. The second kappa shape index (κ2) is 6.43. The third-order valence-corrected chi connectivity index (χ3v) is 2.18. The van der Waals surface area contributed by atoms with Gasteiger partial charge < -0.3 is 14.9 Å². The van der Waals surface area contributed by atoms with E-state index in [9.17, 15) is 5.11 Å². The molecule has 84 valence electrons. The minimum atomic E-state index is -0.437. The Labute approximate surface area is 90.3 Å². The van der Waals surface area contributed by atoms with Gasteiger partial charge in [0.15, 0.2) is 0 Å². The molecule has 3 heteroatoms. The Balaban J connectivity index is 2.36. The summed E-state index contributed by atoms with van der Waals surface area (Å²) in [6.07, 6.45) is 1.19. The molecule has 1 aromatic carbocycles. The lowest BCUT2D eigenvalue weighted by atomic mass is 10.1. The van der Waals surface area contributed by atoms with Crippen molar-refractivity contribution in [3.05, 3.63) is 29.8 Å². The van der Waals surface area contributed by atoms with Gasteiger partial charge in [-0.1, -0.05) is 12.1 Å². The first kappa shape index (κ1) is 12.0. The van der Waals surface area contributed by atoms with Crippen LogP contribution in [0, 0.1) is 0 Å². The van der Waals surface area contributed by atoms with E-state index in [0.29, 0.717) is 6.61 Å². The van der Waals surface area contributed by atoms with Gasteiger partial charge in [-0.15, -0.1) is 0 Å². The molecule has 0 bridgehead atoms. The first-order valence-corrected chi connectivity index (χ1v) is 5.25. The predicted molar refractivity (Wildman–Crippen MR) is 58.9 cm³/mol. The Hall–Kier alpha value is -1.06. The van der Waals surface area contributed by atoms with E-state index in [1.165, 1.54) is 0 Å². The fourth-order valence-corrected chi connectivity index (χ4v) is 1.25. The smallest absolute Gasteiger partial charge is 0.119 e. The minimum Gasteiger partial charge on any atom is -0.494 e. The fourth-order valence-electron chi connectivity index (χ4n) is 1.25. The van der Waals surface area contributed by atoms with Crippen LogP contribution >= 0.6 is 0 Å². The van der Waals surface area contributed by atoms with Crippen molar-refractivity contribution in [1.82, 2.24) is 0 Å². The summed E-state index contributed by atoms with van der Waals surface area (Å²) in [4.78, 5) is 0. The van der Waals surface area contributed by atoms with Crippen LogP contribution in [0.5, 0.6) is 5.75 Å². The summed E-state index contributed by atoms with van der Waals surface area (Å²) < 4.78 is 5.45. The second-order valence-electron chi connectivity index (χ2n) is 3.52. The number of rotatable bonds is 6. The number of aliphatic hydroxyl groups excluding tert-OH is 2. The third-order valence-electron chi connectivity index (χ3n) is 2.18. The van der Waals surface area contributed by atoms with Gasteiger partial charge in [-0.2, -0.15) is 0 Å². The van der Waals surface area contributed by atoms with Gasteiger partial charge in [0.2, 0.25) is 0 Å². The molecule has 0 fully saturated rings. The second-order valence-corrected chi connectivity index (χ2v) is 3.52. The molecule has 1 atom stereocenters. The molecule has 0 amide bonds. The van der Waals surface area contributed by atoms with Crippen LogP contribution in [0.2, 0.25) is 0 Å². The van der Waals surface area contributed by atoms with E-state index in [0.717, 1.165) is 24.2 Å². The maximum absolute atomic E-state index is 9.29. The molecule has 0 saturated heterocycles. The summed E-state index contributed by atoms with van der Waals surface area (Å²) in [5, 5.41) is 17.9. The van der Waals surface area contributed by atoms with E-state index in [1.807, 2.05) is 24.3 Å². The topological polar surface area (TPSA) is 49.7 Å². The minimum absolute atomic E-state index is 0.213. The van der Waals surface area contributed by atoms with Gasteiger partial charge in [-0.05, 0) is 37.5 Å². The van der Waals surface area contributed by atoms with E-state index >= 15 is 0 Å². The maximum atomic E-state index is 9.29. The van der Waals surface area contributed by atoms with Crippen LogP contribution < -0.4 is 4.74 Å². The Morgan fingerprint density at radius 2 is 1.87 bits per heavy atom. The van der Waals surface area contributed by atoms with Crippen molar-refractivity contribution in [2.24, 2.45) is 0 Å². The Kier molecular flexibility index (Phi) is 5.15. The Morgan fingerprint density at radius 1 is 1.20 bits per heavy atom. The Morgan fingerprint density at radius 3 is 2.40 bits per heavy atom. The highest BCUT2D eigenvalue weighted by Crippen LogP contribution is 2.17. The molecule has 3 nitrogen and oxygen atoms in total. The average molecular weight is 210 g/mol. The van der Waals surface area contributed by atoms with Gasteiger partial charge in [0.05, 0.1) is 12.7 Å². The van der Waals surface area contributed by atoms with Crippen molar-refractivity contribution >= 4 is 0 Å². The number of hydrogen-bond acceptors (Lipinski definition) is 3. The van der Waals surface area contributed by atoms with Crippen LogP contribution in [-0.4, -0.2) is 23.4 Å². The van der Waals surface area contributed by atoms with Gasteiger partial charge in [0.25, 0.3) is 0 Å². The standard InChI is InChI=1S/C12H18O3/c1-10(14)11-4-6-12(7-5-11)15-9-3-2-8-13/h4-7,10,13-14H,2-3,8-9H2,1H3/t10-/m0/s1. The largest absolute Gasteiger partial charge is 0.494 e. The summed E-state index contributed by atoms with van der Waals surface area (Å²) >= 11 is 0. The Bertz CT molecular complexity index is 267. The van der Waals surface area contributed by atoms with Crippen LogP contribution in [0.25, 0.3) is 0 Å². The van der Waals surface area contributed by atoms with Crippen molar-refractivity contribution in [3.8, 4) is 5.75 Å². The van der Waals surface area contributed by atoms with E-state index in [1.54, 1.807) is 6.92 Å². The van der Waals surface area contributed by atoms with E-state index in [4.69, 9.17) is 9.84 Å². The molecule has 1 aromatic rings. The molecular formula is C12H18O3. The van der Waals surface area contributed by atoms with Gasteiger partial charge in [-0.3, -0.25) is 0 Å². The summed E-state index contributed by atoms with van der Waals surface area (Å²) in [6, 6.07) is 7.40. The molecule has 0 saturated carbocycles. The summed E-state index contributed by atoms with van der Waals surface area (Å²) in [7, 11) is 0. The monoisotopic (exact) mass is 210 g/mol. The summed E-state index contributed by atoms with van der Waals surface area (Å²) in [5.74, 6) is 0.803. The molecule has 15 heavy (non-hydrogen) atoms. The maximum Gasteiger partial charge on any atom is 0.119 e. The molecule has 0 unspecified atom stereocenters. The number of unbranched alkanes of at least 4 members (excludes halogenated alkanes) is 1. The quantitative estimate of drug-likeness (QED) is 0.705. The molecular weight excluding hydrogens is 192 g/mol. The first-order valence-electron chi connectivity index (χ1n) is 5.25. The summed E-state index contributed by atoms with van der Waals surface area (Å²) in [6.45, 7) is 2.57. The van der Waals surface area contributed by atoms with Crippen molar-refractivity contribution < 1.29 is 14.9 Å². The molecule has 2 N–H and O–H groups in total. The van der Waals surface area contributed by atoms with Crippen LogP contribution in [0.3, 0.4) is 0 Å². The van der Waals surface area contributed by atoms with Crippen LogP contribution in [0.15, 0.2) is 24.3 Å². The molecule has 0 aliphatic rings. The highest BCUT2D eigenvalue weighted by atomic mass is 16.5. The van der Waals surface area contributed by atoms with Gasteiger partial charge in [-0.25, -0.2) is 0 Å². The molecule has 1 rings (SSSR count). The van der Waals surface area contributed by atoms with Gasteiger partial charge in [0.1, 0.15) is 5.75 Å². The van der Waals surface area contributed by atoms with Crippen LogP contribution in [-0.2, 0) is 0 Å². The molecule has 0 radical (unpaired) electrons. The lowest BCUT2D eigenvalue weighted by Crippen LogP contribution is -1.99. The SMILES string of the molecule is C[C@H](O)c1ccc(OCCCCO)cc1. The van der Waals surface area contributed by atoms with E-state index in [-0.39, 0.29) is 6.61 Å². The number of hydrogen-bond donors (Lipinski definition) is 2. The predicted octanol–water partition coefficient (Wildman–Crippen LogP) is 1.89. The van der Waals surface area contributed by atoms with Crippen molar-refractivity contribution in [3.63, 3.8) is 0 Å². The molecule has 0 aliphatic carbocycles. The molecule has 0 aromatic heterocycles. The average Bonchev–Trinajstić information content (AvgIpc) is 2.25. The number of ether oxygens (including phenoxy) is 1. The van der Waals surface area contributed by atoms with Gasteiger partial charge in [0, 0.05) is 6.61 Å². The highest BCUT2D eigenvalue weighted by molar-refractivity contribution is 5.28. The zero-order valence-electron chi connectivity index (χ0n) is 9.02. The van der Waals surface area contributed by atoms with Crippen molar-refractivity contribution in [2.45, 2.75) is 25.9 Å². The van der Waals surface area contributed by atoms with Crippen molar-refractivity contribution in [1.29, 1.82) is 0 Å². The van der Waals surface area contributed by atoms with Crippen LogP contribution in [0.4, 0.5) is 0 Å². The molecule has 0 spiro atoms. The zero-order chi connectivity index (χ0) is 11.1. The van der Waals surface area contributed by atoms with E-state index < -0.39 is 6.10 Å². The van der Waals surface area contributed by atoms with Crippen molar-refractivity contribution in [2.75, 3.05) is 13.2 Å². The fraction of sp³-hybridized carbons (Fsp3) is 0.500. The van der Waals surface area contributed by atoms with Crippen LogP contribution in [0.1, 0.15) is 31.4 Å². The number of benzene rings is 1. The normalized spacial score (nSPS) is 12.5. The van der Waals surface area contributed by atoms with Gasteiger partial charge >= 0.3 is 0 Å². The molecule has 0 aliphatic heterocycles.